The normalized spacial score (nSPS) is 19.0. The standard InChI is InChI=1S/C20H27N3O3/c24-18-13-22-20(26)23(18)14-16-10-6-7-11-17(16)19(25)21-12-15-8-4-2-1-3-5-9-15/h6-7,10-11,15H,1-5,8-9,12-14H2,(H,21,25)(H,22,26). The molecule has 6 heteroatoms. The number of urea groups is 1. The molecule has 6 nitrogen and oxygen atoms in total. The van der Waals surface area contributed by atoms with Gasteiger partial charge < -0.3 is 10.6 Å². The maximum absolute atomic E-state index is 12.7. The highest BCUT2D eigenvalue weighted by atomic mass is 16.2. The van der Waals surface area contributed by atoms with Gasteiger partial charge in [0, 0.05) is 12.1 Å². The van der Waals surface area contributed by atoms with Gasteiger partial charge in [-0.05, 0) is 30.4 Å². The molecule has 0 spiro atoms. The van der Waals surface area contributed by atoms with Gasteiger partial charge in [0.2, 0.25) is 5.91 Å². The highest BCUT2D eigenvalue weighted by molar-refractivity contribution is 6.02. The van der Waals surface area contributed by atoms with E-state index in [9.17, 15) is 14.4 Å². The van der Waals surface area contributed by atoms with Crippen LogP contribution in [0.25, 0.3) is 0 Å². The van der Waals surface area contributed by atoms with Gasteiger partial charge in [-0.2, -0.15) is 0 Å². The Morgan fingerprint density at radius 1 is 1.08 bits per heavy atom. The van der Waals surface area contributed by atoms with Crippen LogP contribution in [-0.4, -0.2) is 35.8 Å². The number of amides is 4. The fraction of sp³-hybridized carbons (Fsp3) is 0.550. The zero-order chi connectivity index (χ0) is 18.4. The third-order valence-corrected chi connectivity index (χ3v) is 5.30. The van der Waals surface area contributed by atoms with Crippen LogP contribution in [-0.2, 0) is 11.3 Å². The lowest BCUT2D eigenvalue weighted by Gasteiger charge is -2.21. The van der Waals surface area contributed by atoms with E-state index in [2.05, 4.69) is 10.6 Å². The molecule has 3 rings (SSSR count). The Morgan fingerprint density at radius 2 is 1.77 bits per heavy atom. The first-order valence-electron chi connectivity index (χ1n) is 9.59. The van der Waals surface area contributed by atoms with Crippen molar-refractivity contribution in [3.8, 4) is 0 Å². The first-order chi connectivity index (χ1) is 12.6. The maximum Gasteiger partial charge on any atom is 0.324 e. The summed E-state index contributed by atoms with van der Waals surface area (Å²) in [5, 5.41) is 5.57. The van der Waals surface area contributed by atoms with Gasteiger partial charge in [-0.1, -0.05) is 50.3 Å². The van der Waals surface area contributed by atoms with Crippen LogP contribution in [0, 0.1) is 5.92 Å². The molecule has 0 atom stereocenters. The van der Waals surface area contributed by atoms with Gasteiger partial charge in [0.1, 0.15) is 0 Å². The van der Waals surface area contributed by atoms with Crippen molar-refractivity contribution >= 4 is 17.8 Å². The van der Waals surface area contributed by atoms with Crippen LogP contribution < -0.4 is 10.6 Å². The van der Waals surface area contributed by atoms with Crippen LogP contribution in [0.15, 0.2) is 24.3 Å². The molecule has 1 heterocycles. The highest BCUT2D eigenvalue weighted by Gasteiger charge is 2.29. The van der Waals surface area contributed by atoms with Crippen LogP contribution >= 0.6 is 0 Å². The van der Waals surface area contributed by atoms with E-state index < -0.39 is 6.03 Å². The van der Waals surface area contributed by atoms with Crippen molar-refractivity contribution in [1.82, 2.24) is 15.5 Å². The lowest BCUT2D eigenvalue weighted by Crippen LogP contribution is -2.33. The van der Waals surface area contributed by atoms with E-state index in [1.165, 1.54) is 44.9 Å². The fourth-order valence-corrected chi connectivity index (χ4v) is 3.74. The Kier molecular flexibility index (Phi) is 6.26. The molecule has 1 aromatic carbocycles. The predicted molar refractivity (Wildman–Crippen MR) is 98.5 cm³/mol. The van der Waals surface area contributed by atoms with Gasteiger partial charge in [0.05, 0.1) is 13.1 Å². The molecular weight excluding hydrogens is 330 g/mol. The minimum absolute atomic E-state index is 0.0227. The Bertz CT molecular complexity index is 650. The zero-order valence-corrected chi connectivity index (χ0v) is 15.1. The van der Waals surface area contributed by atoms with Crippen molar-refractivity contribution in [2.75, 3.05) is 13.1 Å². The Morgan fingerprint density at radius 3 is 2.46 bits per heavy atom. The second kappa shape index (κ2) is 8.83. The summed E-state index contributed by atoms with van der Waals surface area (Å²) < 4.78 is 0. The molecule has 4 amide bonds. The Labute approximate surface area is 154 Å². The first-order valence-corrected chi connectivity index (χ1v) is 9.59. The summed E-state index contributed by atoms with van der Waals surface area (Å²) in [5.41, 5.74) is 1.22. The number of rotatable bonds is 5. The number of nitrogens with one attached hydrogen (secondary N) is 2. The van der Waals surface area contributed by atoms with Crippen molar-refractivity contribution in [1.29, 1.82) is 0 Å². The van der Waals surface area contributed by atoms with Crippen molar-refractivity contribution in [3.63, 3.8) is 0 Å². The van der Waals surface area contributed by atoms with E-state index in [0.29, 0.717) is 23.6 Å². The van der Waals surface area contributed by atoms with E-state index in [1.54, 1.807) is 18.2 Å². The number of imide groups is 1. The maximum atomic E-state index is 12.7. The summed E-state index contributed by atoms with van der Waals surface area (Å²) in [4.78, 5) is 37.4. The minimum Gasteiger partial charge on any atom is -0.352 e. The van der Waals surface area contributed by atoms with Crippen LogP contribution in [0.5, 0.6) is 0 Å². The summed E-state index contributed by atoms with van der Waals surface area (Å²) in [6, 6.07) is 6.77. The molecule has 1 saturated carbocycles. The third kappa shape index (κ3) is 4.62. The molecular formula is C20H27N3O3. The van der Waals surface area contributed by atoms with Crippen molar-refractivity contribution in [2.45, 2.75) is 51.5 Å². The number of carbonyl (C=O) groups is 3. The third-order valence-electron chi connectivity index (χ3n) is 5.30. The van der Waals surface area contributed by atoms with Crippen molar-refractivity contribution in [2.24, 2.45) is 5.92 Å². The molecule has 1 aliphatic carbocycles. The van der Waals surface area contributed by atoms with Crippen LogP contribution in [0.1, 0.15) is 60.9 Å². The number of carbonyl (C=O) groups excluding carboxylic acids is 3. The van der Waals surface area contributed by atoms with E-state index in [-0.39, 0.29) is 24.9 Å². The monoisotopic (exact) mass is 357 g/mol. The SMILES string of the molecule is O=C(NCC1CCCCCCC1)c1ccccc1CN1C(=O)CNC1=O. The molecule has 2 fully saturated rings. The van der Waals surface area contributed by atoms with Crippen LogP contribution in [0.2, 0.25) is 0 Å². The summed E-state index contributed by atoms with van der Waals surface area (Å²) in [5.74, 6) is 0.145. The summed E-state index contributed by atoms with van der Waals surface area (Å²) in [6.07, 6.45) is 8.73. The highest BCUT2D eigenvalue weighted by Crippen LogP contribution is 2.22. The molecule has 140 valence electrons. The average Bonchev–Trinajstić information content (AvgIpc) is 2.93. The number of benzene rings is 1. The molecule has 0 aromatic heterocycles. The molecule has 0 unspecified atom stereocenters. The molecule has 0 bridgehead atoms. The van der Waals surface area contributed by atoms with Crippen LogP contribution in [0.3, 0.4) is 0 Å². The summed E-state index contributed by atoms with van der Waals surface area (Å²) in [6.45, 7) is 0.836. The second-order valence-corrected chi connectivity index (χ2v) is 7.22. The van der Waals surface area contributed by atoms with Gasteiger partial charge >= 0.3 is 6.03 Å². The molecule has 2 aliphatic rings. The Hall–Kier alpha value is -2.37. The minimum atomic E-state index is -0.403. The van der Waals surface area contributed by atoms with Gasteiger partial charge in [-0.25, -0.2) is 4.79 Å². The van der Waals surface area contributed by atoms with E-state index in [4.69, 9.17) is 0 Å². The van der Waals surface area contributed by atoms with Gasteiger partial charge in [-0.3, -0.25) is 14.5 Å². The fourth-order valence-electron chi connectivity index (χ4n) is 3.74. The molecule has 26 heavy (non-hydrogen) atoms. The largest absolute Gasteiger partial charge is 0.352 e. The topological polar surface area (TPSA) is 78.5 Å². The van der Waals surface area contributed by atoms with E-state index in [0.717, 1.165) is 4.90 Å². The number of nitrogens with zero attached hydrogens (tertiary/aromatic N) is 1. The lowest BCUT2D eigenvalue weighted by atomic mass is 9.91. The summed E-state index contributed by atoms with van der Waals surface area (Å²) in [7, 11) is 0. The van der Waals surface area contributed by atoms with Crippen molar-refractivity contribution < 1.29 is 14.4 Å². The average molecular weight is 357 g/mol. The van der Waals surface area contributed by atoms with Gasteiger partial charge in [-0.15, -0.1) is 0 Å². The first kappa shape index (κ1) is 18.4. The predicted octanol–water partition coefficient (Wildman–Crippen LogP) is 2.83. The molecule has 2 N–H and O–H groups in total. The zero-order valence-electron chi connectivity index (χ0n) is 15.1. The second-order valence-electron chi connectivity index (χ2n) is 7.22. The molecule has 1 aromatic rings. The quantitative estimate of drug-likeness (QED) is 0.796. The molecule has 1 aliphatic heterocycles. The number of hydrogen-bond donors (Lipinski definition) is 2. The summed E-state index contributed by atoms with van der Waals surface area (Å²) >= 11 is 0. The van der Waals surface area contributed by atoms with Crippen LogP contribution in [0.4, 0.5) is 4.79 Å². The molecule has 0 radical (unpaired) electrons. The molecule has 1 saturated heterocycles. The van der Waals surface area contributed by atoms with Gasteiger partial charge in [0.15, 0.2) is 0 Å². The number of hydrogen-bond acceptors (Lipinski definition) is 3. The van der Waals surface area contributed by atoms with E-state index >= 15 is 0 Å². The smallest absolute Gasteiger partial charge is 0.324 e. The van der Waals surface area contributed by atoms with Crippen molar-refractivity contribution in [3.05, 3.63) is 35.4 Å². The Balaban J connectivity index is 1.62. The van der Waals surface area contributed by atoms with Gasteiger partial charge in [0.25, 0.3) is 5.91 Å². The van der Waals surface area contributed by atoms with E-state index in [1.807, 2.05) is 6.07 Å². The lowest BCUT2D eigenvalue weighted by molar-refractivity contribution is -0.125.